The van der Waals surface area contributed by atoms with Crippen LogP contribution in [0, 0.1) is 17.1 Å². The molecule has 1 N–H and O–H groups in total. The fraction of sp³-hybridized carbons (Fsp3) is 0. The lowest BCUT2D eigenvalue weighted by molar-refractivity contribution is 0.626. The van der Waals surface area contributed by atoms with Crippen molar-refractivity contribution in [1.82, 2.24) is 4.98 Å². The molecule has 0 atom stereocenters. The van der Waals surface area contributed by atoms with Crippen LogP contribution in [-0.2, 0) is 0 Å². The maximum absolute atomic E-state index is 13.5. The molecule has 0 fully saturated rings. The summed E-state index contributed by atoms with van der Waals surface area (Å²) in [5.74, 6) is -0.561. The van der Waals surface area contributed by atoms with Crippen molar-refractivity contribution in [2.45, 2.75) is 0 Å². The van der Waals surface area contributed by atoms with E-state index < -0.39 is 5.82 Å². The number of nitrogens with one attached hydrogen (secondary N) is 1. The number of benzene rings is 1. The first-order valence-corrected chi connectivity index (χ1v) is 5.63. The molecule has 0 unspecified atom stereocenters. The van der Waals surface area contributed by atoms with Gasteiger partial charge in [0, 0.05) is 6.20 Å². The van der Waals surface area contributed by atoms with Crippen molar-refractivity contribution < 1.29 is 4.39 Å². The lowest BCUT2D eigenvalue weighted by atomic mass is 10.2. The Morgan fingerprint density at radius 1 is 1.28 bits per heavy atom. The molecule has 2 rings (SSSR count). The van der Waals surface area contributed by atoms with Gasteiger partial charge >= 0.3 is 0 Å². The molecular weight excluding hydrogens is 276 g/mol. The van der Waals surface area contributed by atoms with Gasteiger partial charge in [0.15, 0.2) is 11.6 Å². The molecule has 2 aromatic rings. The van der Waals surface area contributed by atoms with E-state index >= 15 is 0 Å². The monoisotopic (exact) mass is 281 g/mol. The number of nitriles is 1. The molecule has 0 bridgehead atoms. The number of nitrogens with zero attached hydrogens (tertiary/aromatic N) is 2. The summed E-state index contributed by atoms with van der Waals surface area (Å²) in [4.78, 5) is 3.82. The minimum Gasteiger partial charge on any atom is -0.337 e. The summed E-state index contributed by atoms with van der Waals surface area (Å²) >= 11 is 11.6. The van der Waals surface area contributed by atoms with Crippen molar-refractivity contribution >= 4 is 34.7 Å². The highest BCUT2D eigenvalue weighted by molar-refractivity contribution is 6.33. The predicted octanol–water partition coefficient (Wildman–Crippen LogP) is 4.14. The third-order valence-electron chi connectivity index (χ3n) is 2.16. The maximum Gasteiger partial charge on any atom is 0.167 e. The number of hydrogen-bond acceptors (Lipinski definition) is 3. The quantitative estimate of drug-likeness (QED) is 0.900. The molecule has 6 heteroatoms. The van der Waals surface area contributed by atoms with Gasteiger partial charge in [-0.2, -0.15) is 5.26 Å². The molecule has 90 valence electrons. The van der Waals surface area contributed by atoms with E-state index in [4.69, 9.17) is 28.5 Å². The van der Waals surface area contributed by atoms with Crippen LogP contribution < -0.4 is 5.32 Å². The summed E-state index contributed by atoms with van der Waals surface area (Å²) in [6.07, 6.45) is 1.32. The lowest BCUT2D eigenvalue weighted by Crippen LogP contribution is -1.97. The average molecular weight is 282 g/mol. The molecule has 0 aliphatic carbocycles. The van der Waals surface area contributed by atoms with Gasteiger partial charge in [0.2, 0.25) is 0 Å². The summed E-state index contributed by atoms with van der Waals surface area (Å²) in [5, 5.41) is 12.0. The fourth-order valence-corrected chi connectivity index (χ4v) is 1.69. The summed E-state index contributed by atoms with van der Waals surface area (Å²) in [6.45, 7) is 0. The van der Waals surface area contributed by atoms with E-state index in [1.165, 1.54) is 12.3 Å². The smallest absolute Gasteiger partial charge is 0.167 e. The number of rotatable bonds is 2. The fourth-order valence-electron chi connectivity index (χ4n) is 1.32. The Balaban J connectivity index is 2.32. The zero-order valence-corrected chi connectivity index (χ0v) is 10.4. The van der Waals surface area contributed by atoms with E-state index in [-0.39, 0.29) is 10.8 Å². The lowest BCUT2D eigenvalue weighted by Gasteiger charge is -2.08. The first-order chi connectivity index (χ1) is 8.60. The number of halogens is 3. The third kappa shape index (κ3) is 2.70. The van der Waals surface area contributed by atoms with Crippen molar-refractivity contribution in [1.29, 1.82) is 5.26 Å². The molecule has 0 amide bonds. The average Bonchev–Trinajstić information content (AvgIpc) is 2.34. The summed E-state index contributed by atoms with van der Waals surface area (Å²) in [6, 6.07) is 7.74. The van der Waals surface area contributed by atoms with Gasteiger partial charge in [0.1, 0.15) is 0 Å². The van der Waals surface area contributed by atoms with Gasteiger partial charge in [-0.05, 0) is 24.3 Å². The van der Waals surface area contributed by atoms with Crippen LogP contribution in [0.3, 0.4) is 0 Å². The van der Waals surface area contributed by atoms with Crippen LogP contribution in [0.2, 0.25) is 10.0 Å². The second kappa shape index (κ2) is 5.21. The van der Waals surface area contributed by atoms with Crippen LogP contribution in [0.1, 0.15) is 5.56 Å². The van der Waals surface area contributed by atoms with E-state index in [0.717, 1.165) is 6.07 Å². The maximum atomic E-state index is 13.5. The van der Waals surface area contributed by atoms with Crippen LogP contribution in [-0.4, -0.2) is 4.98 Å². The van der Waals surface area contributed by atoms with Crippen molar-refractivity contribution in [3.63, 3.8) is 0 Å². The first kappa shape index (κ1) is 12.6. The zero-order chi connectivity index (χ0) is 13.1. The Kier molecular flexibility index (Phi) is 3.66. The van der Waals surface area contributed by atoms with E-state index in [9.17, 15) is 4.39 Å². The SMILES string of the molecule is N#Cc1ccc(Nc2ncc(Cl)cc2F)c(Cl)c1. The molecule has 3 nitrogen and oxygen atoms in total. The number of anilines is 2. The molecule has 0 spiro atoms. The van der Waals surface area contributed by atoms with Gasteiger partial charge in [0.25, 0.3) is 0 Å². The van der Waals surface area contributed by atoms with Gasteiger partial charge in [-0.25, -0.2) is 9.37 Å². The molecule has 1 aromatic carbocycles. The van der Waals surface area contributed by atoms with Crippen molar-refractivity contribution in [2.75, 3.05) is 5.32 Å². The second-order valence-electron chi connectivity index (χ2n) is 3.42. The normalized spacial score (nSPS) is 9.89. The predicted molar refractivity (Wildman–Crippen MR) is 68.7 cm³/mol. The van der Waals surface area contributed by atoms with Crippen LogP contribution in [0.4, 0.5) is 15.9 Å². The molecule has 0 aliphatic rings. The molecule has 1 heterocycles. The Morgan fingerprint density at radius 3 is 2.67 bits per heavy atom. The Hall–Kier alpha value is -1.83. The van der Waals surface area contributed by atoms with E-state index in [1.807, 2.05) is 6.07 Å². The van der Waals surface area contributed by atoms with Crippen molar-refractivity contribution in [2.24, 2.45) is 0 Å². The highest BCUT2D eigenvalue weighted by Gasteiger charge is 2.07. The van der Waals surface area contributed by atoms with E-state index in [0.29, 0.717) is 16.3 Å². The van der Waals surface area contributed by atoms with Crippen LogP contribution in [0.15, 0.2) is 30.5 Å². The molecule has 18 heavy (non-hydrogen) atoms. The van der Waals surface area contributed by atoms with E-state index in [1.54, 1.807) is 12.1 Å². The first-order valence-electron chi connectivity index (χ1n) is 4.88. The largest absolute Gasteiger partial charge is 0.337 e. The van der Waals surface area contributed by atoms with Gasteiger partial charge in [-0.15, -0.1) is 0 Å². The Morgan fingerprint density at radius 2 is 2.06 bits per heavy atom. The summed E-state index contributed by atoms with van der Waals surface area (Å²) in [7, 11) is 0. The standard InChI is InChI=1S/C12H6Cl2FN3/c13-8-4-10(15)12(17-6-8)18-11-2-1-7(5-16)3-9(11)14/h1-4,6H,(H,17,18). The minimum absolute atomic E-state index is 0.0195. The van der Waals surface area contributed by atoms with Gasteiger partial charge in [0.05, 0.1) is 27.4 Å². The third-order valence-corrected chi connectivity index (χ3v) is 2.68. The van der Waals surface area contributed by atoms with E-state index in [2.05, 4.69) is 10.3 Å². The highest BCUT2D eigenvalue weighted by Crippen LogP contribution is 2.27. The van der Waals surface area contributed by atoms with Gasteiger partial charge in [-0.1, -0.05) is 23.2 Å². The number of aromatic nitrogens is 1. The number of hydrogen-bond donors (Lipinski definition) is 1. The molecule has 0 saturated heterocycles. The molecule has 0 saturated carbocycles. The highest BCUT2D eigenvalue weighted by atomic mass is 35.5. The summed E-state index contributed by atoms with van der Waals surface area (Å²) in [5.41, 5.74) is 0.888. The second-order valence-corrected chi connectivity index (χ2v) is 4.26. The van der Waals surface area contributed by atoms with Gasteiger partial charge < -0.3 is 5.32 Å². The van der Waals surface area contributed by atoms with Crippen LogP contribution >= 0.6 is 23.2 Å². The Labute approximate surface area is 113 Å². The van der Waals surface area contributed by atoms with Crippen molar-refractivity contribution in [3.05, 3.63) is 51.9 Å². The number of pyridine rings is 1. The summed E-state index contributed by atoms with van der Waals surface area (Å²) < 4.78 is 13.5. The van der Waals surface area contributed by atoms with Crippen LogP contribution in [0.25, 0.3) is 0 Å². The molecule has 1 aromatic heterocycles. The topological polar surface area (TPSA) is 48.7 Å². The van der Waals surface area contributed by atoms with Crippen LogP contribution in [0.5, 0.6) is 0 Å². The molecule has 0 aliphatic heterocycles. The zero-order valence-electron chi connectivity index (χ0n) is 8.92. The minimum atomic E-state index is -0.581. The Bertz CT molecular complexity index is 638. The van der Waals surface area contributed by atoms with Gasteiger partial charge in [-0.3, -0.25) is 0 Å². The van der Waals surface area contributed by atoms with Crippen molar-refractivity contribution in [3.8, 4) is 6.07 Å². The molecule has 0 radical (unpaired) electrons. The molecular formula is C12H6Cl2FN3.